The van der Waals surface area contributed by atoms with E-state index in [1.807, 2.05) is 13.0 Å². The first kappa shape index (κ1) is 13.0. The third-order valence-electron chi connectivity index (χ3n) is 3.20. The van der Waals surface area contributed by atoms with Crippen LogP contribution < -0.4 is 5.73 Å². The van der Waals surface area contributed by atoms with E-state index in [9.17, 15) is 0 Å². The third kappa shape index (κ3) is 2.64. The molecule has 0 saturated heterocycles. The molecule has 2 nitrogen and oxygen atoms in total. The normalized spacial score (nSPS) is 12.3. The molecule has 3 rings (SSSR count). The van der Waals surface area contributed by atoms with Crippen molar-refractivity contribution in [2.24, 2.45) is 5.73 Å². The molecule has 20 heavy (non-hydrogen) atoms. The van der Waals surface area contributed by atoms with Gasteiger partial charge < -0.3 is 5.73 Å². The summed E-state index contributed by atoms with van der Waals surface area (Å²) in [6.45, 7) is 1.96. The van der Waals surface area contributed by atoms with E-state index in [2.05, 4.69) is 58.9 Å². The molecular formula is C17H16N2S. The van der Waals surface area contributed by atoms with Gasteiger partial charge in [-0.25, -0.2) is 4.98 Å². The molecule has 2 aromatic carbocycles. The molecule has 1 unspecified atom stereocenters. The van der Waals surface area contributed by atoms with Gasteiger partial charge in [-0.2, -0.15) is 0 Å². The molecule has 3 aromatic rings. The maximum absolute atomic E-state index is 5.85. The summed E-state index contributed by atoms with van der Waals surface area (Å²) in [5.41, 5.74) is 10.4. The van der Waals surface area contributed by atoms with Gasteiger partial charge in [0.1, 0.15) is 5.01 Å². The molecule has 0 fully saturated rings. The fraction of sp³-hybridized carbons (Fsp3) is 0.118. The van der Waals surface area contributed by atoms with E-state index in [0.717, 1.165) is 16.3 Å². The SMILES string of the molecule is CC(N)c1nc(-c2ccc(-c3ccccc3)cc2)cs1. The molecule has 0 aliphatic heterocycles. The molecule has 1 atom stereocenters. The van der Waals surface area contributed by atoms with Crippen LogP contribution in [0.4, 0.5) is 0 Å². The third-order valence-corrected chi connectivity index (χ3v) is 4.24. The van der Waals surface area contributed by atoms with Gasteiger partial charge in [0.25, 0.3) is 0 Å². The van der Waals surface area contributed by atoms with Crippen LogP contribution in [0.1, 0.15) is 18.0 Å². The summed E-state index contributed by atoms with van der Waals surface area (Å²) in [4.78, 5) is 4.58. The van der Waals surface area contributed by atoms with Crippen LogP contribution in [0.5, 0.6) is 0 Å². The Morgan fingerprint density at radius 3 is 2.10 bits per heavy atom. The largest absolute Gasteiger partial charge is 0.322 e. The number of hydrogen-bond acceptors (Lipinski definition) is 3. The van der Waals surface area contributed by atoms with Crippen molar-refractivity contribution in [3.63, 3.8) is 0 Å². The number of hydrogen-bond donors (Lipinski definition) is 1. The van der Waals surface area contributed by atoms with Crippen molar-refractivity contribution >= 4 is 11.3 Å². The van der Waals surface area contributed by atoms with Crippen molar-refractivity contribution in [3.8, 4) is 22.4 Å². The van der Waals surface area contributed by atoms with Gasteiger partial charge in [0, 0.05) is 10.9 Å². The summed E-state index contributed by atoms with van der Waals surface area (Å²) in [5, 5.41) is 3.04. The number of rotatable bonds is 3. The predicted molar refractivity (Wildman–Crippen MR) is 85.6 cm³/mol. The minimum Gasteiger partial charge on any atom is -0.322 e. The van der Waals surface area contributed by atoms with E-state index >= 15 is 0 Å². The summed E-state index contributed by atoms with van der Waals surface area (Å²) >= 11 is 1.62. The second kappa shape index (κ2) is 5.57. The molecular weight excluding hydrogens is 264 g/mol. The van der Waals surface area contributed by atoms with Crippen LogP contribution in [0.15, 0.2) is 60.0 Å². The van der Waals surface area contributed by atoms with Crippen molar-refractivity contribution in [1.29, 1.82) is 0 Å². The van der Waals surface area contributed by atoms with Gasteiger partial charge in [-0.1, -0.05) is 54.6 Å². The van der Waals surface area contributed by atoms with Crippen LogP contribution in [-0.2, 0) is 0 Å². The molecule has 1 heterocycles. The monoisotopic (exact) mass is 280 g/mol. The van der Waals surface area contributed by atoms with Gasteiger partial charge in [0.2, 0.25) is 0 Å². The summed E-state index contributed by atoms with van der Waals surface area (Å²) in [7, 11) is 0. The van der Waals surface area contributed by atoms with Crippen LogP contribution >= 0.6 is 11.3 Å². The van der Waals surface area contributed by atoms with Gasteiger partial charge >= 0.3 is 0 Å². The molecule has 100 valence electrons. The number of nitrogens with zero attached hydrogens (tertiary/aromatic N) is 1. The fourth-order valence-corrected chi connectivity index (χ4v) is 2.88. The standard InChI is InChI=1S/C17H16N2S/c1-12(18)17-19-16(11-20-17)15-9-7-14(8-10-15)13-5-3-2-4-6-13/h2-12H,18H2,1H3. The molecule has 0 aliphatic carbocycles. The van der Waals surface area contributed by atoms with Crippen molar-refractivity contribution in [2.75, 3.05) is 0 Å². The first-order valence-corrected chi connectivity index (χ1v) is 7.49. The summed E-state index contributed by atoms with van der Waals surface area (Å²) in [6, 6.07) is 18.9. The average Bonchev–Trinajstić information content (AvgIpc) is 2.98. The predicted octanol–water partition coefficient (Wildman–Crippen LogP) is 4.50. The van der Waals surface area contributed by atoms with E-state index in [1.165, 1.54) is 11.1 Å². The molecule has 0 bridgehead atoms. The molecule has 3 heteroatoms. The lowest BCUT2D eigenvalue weighted by Gasteiger charge is -2.03. The Hall–Kier alpha value is -1.97. The molecule has 0 amide bonds. The molecule has 0 saturated carbocycles. The zero-order chi connectivity index (χ0) is 13.9. The van der Waals surface area contributed by atoms with Crippen LogP contribution in [0.2, 0.25) is 0 Å². The van der Waals surface area contributed by atoms with E-state index in [4.69, 9.17) is 5.73 Å². The maximum atomic E-state index is 5.85. The van der Waals surface area contributed by atoms with Crippen LogP contribution in [-0.4, -0.2) is 4.98 Å². The smallest absolute Gasteiger partial charge is 0.110 e. The number of benzene rings is 2. The fourth-order valence-electron chi connectivity index (χ4n) is 2.09. The Bertz CT molecular complexity index is 685. The summed E-state index contributed by atoms with van der Waals surface area (Å²) in [6.07, 6.45) is 0. The Labute approximate surface area is 122 Å². The Morgan fingerprint density at radius 2 is 1.50 bits per heavy atom. The number of nitrogens with two attached hydrogens (primary N) is 1. The van der Waals surface area contributed by atoms with Gasteiger partial charge in [-0.3, -0.25) is 0 Å². The molecule has 0 spiro atoms. The topological polar surface area (TPSA) is 38.9 Å². The quantitative estimate of drug-likeness (QED) is 0.767. The molecule has 0 radical (unpaired) electrons. The highest BCUT2D eigenvalue weighted by molar-refractivity contribution is 7.10. The average molecular weight is 280 g/mol. The maximum Gasteiger partial charge on any atom is 0.110 e. The van der Waals surface area contributed by atoms with E-state index in [-0.39, 0.29) is 6.04 Å². The zero-order valence-electron chi connectivity index (χ0n) is 11.3. The highest BCUT2D eigenvalue weighted by atomic mass is 32.1. The van der Waals surface area contributed by atoms with Crippen LogP contribution in [0, 0.1) is 0 Å². The van der Waals surface area contributed by atoms with E-state index in [1.54, 1.807) is 11.3 Å². The highest BCUT2D eigenvalue weighted by Crippen LogP contribution is 2.27. The second-order valence-corrected chi connectivity index (χ2v) is 5.69. The second-order valence-electron chi connectivity index (χ2n) is 4.80. The lowest BCUT2D eigenvalue weighted by molar-refractivity contribution is 0.808. The molecule has 0 aliphatic rings. The van der Waals surface area contributed by atoms with Crippen molar-refractivity contribution in [2.45, 2.75) is 13.0 Å². The lowest BCUT2D eigenvalue weighted by atomic mass is 10.0. The van der Waals surface area contributed by atoms with Gasteiger partial charge in [-0.15, -0.1) is 11.3 Å². The van der Waals surface area contributed by atoms with Crippen LogP contribution in [0.3, 0.4) is 0 Å². The number of aromatic nitrogens is 1. The van der Waals surface area contributed by atoms with Gasteiger partial charge in [0.15, 0.2) is 0 Å². The van der Waals surface area contributed by atoms with Gasteiger partial charge in [-0.05, 0) is 18.1 Å². The molecule has 1 aromatic heterocycles. The number of thiazole rings is 1. The first-order chi connectivity index (χ1) is 9.74. The van der Waals surface area contributed by atoms with Crippen molar-refractivity contribution in [1.82, 2.24) is 4.98 Å². The van der Waals surface area contributed by atoms with E-state index < -0.39 is 0 Å². The Kier molecular flexibility index (Phi) is 3.63. The first-order valence-electron chi connectivity index (χ1n) is 6.61. The minimum absolute atomic E-state index is 0.00246. The Morgan fingerprint density at radius 1 is 0.900 bits per heavy atom. The van der Waals surface area contributed by atoms with Crippen molar-refractivity contribution < 1.29 is 0 Å². The summed E-state index contributed by atoms with van der Waals surface area (Å²) in [5.74, 6) is 0. The molecule has 2 N–H and O–H groups in total. The minimum atomic E-state index is -0.00246. The highest BCUT2D eigenvalue weighted by Gasteiger charge is 2.07. The van der Waals surface area contributed by atoms with Gasteiger partial charge in [0.05, 0.1) is 11.7 Å². The van der Waals surface area contributed by atoms with E-state index in [0.29, 0.717) is 0 Å². The lowest BCUT2D eigenvalue weighted by Crippen LogP contribution is -2.03. The Balaban J connectivity index is 1.89. The van der Waals surface area contributed by atoms with Crippen molar-refractivity contribution in [3.05, 3.63) is 65.0 Å². The zero-order valence-corrected chi connectivity index (χ0v) is 12.1. The summed E-state index contributed by atoms with van der Waals surface area (Å²) < 4.78 is 0. The van der Waals surface area contributed by atoms with Crippen LogP contribution in [0.25, 0.3) is 22.4 Å².